The molecular formula is C24H34N6O. The van der Waals surface area contributed by atoms with Crippen molar-refractivity contribution >= 4 is 11.7 Å². The number of anilines is 1. The highest BCUT2D eigenvalue weighted by Gasteiger charge is 2.31. The number of carbonyl (C=O) groups excluding carboxylic acids is 1. The van der Waals surface area contributed by atoms with E-state index in [2.05, 4.69) is 42.6 Å². The Kier molecular flexibility index (Phi) is 6.60. The highest BCUT2D eigenvalue weighted by atomic mass is 16.2. The second kappa shape index (κ2) is 9.39. The van der Waals surface area contributed by atoms with Crippen molar-refractivity contribution in [3.8, 4) is 0 Å². The SMILES string of the molecule is CCCN1C(=O)CCc2c(C)nc([C@H]3CCCCN3Cc3cnc(C(C)C)nc3)nc21. The van der Waals surface area contributed by atoms with E-state index in [0.29, 0.717) is 12.3 Å². The van der Waals surface area contributed by atoms with Gasteiger partial charge in [0.25, 0.3) is 0 Å². The largest absolute Gasteiger partial charge is 0.296 e. The molecule has 7 heteroatoms. The predicted octanol–water partition coefficient (Wildman–Crippen LogP) is 4.11. The van der Waals surface area contributed by atoms with E-state index in [0.717, 1.165) is 73.2 Å². The van der Waals surface area contributed by atoms with Crippen molar-refractivity contribution in [2.45, 2.75) is 84.7 Å². The fourth-order valence-corrected chi connectivity index (χ4v) is 4.66. The molecule has 0 saturated carbocycles. The molecule has 7 nitrogen and oxygen atoms in total. The first-order valence-corrected chi connectivity index (χ1v) is 11.7. The summed E-state index contributed by atoms with van der Waals surface area (Å²) in [6, 6.07) is 0.156. The van der Waals surface area contributed by atoms with Crippen molar-refractivity contribution in [1.82, 2.24) is 24.8 Å². The number of hydrogen-bond donors (Lipinski definition) is 0. The lowest BCUT2D eigenvalue weighted by atomic mass is 9.99. The van der Waals surface area contributed by atoms with Gasteiger partial charge in [-0.15, -0.1) is 0 Å². The Morgan fingerprint density at radius 3 is 2.61 bits per heavy atom. The van der Waals surface area contributed by atoms with Gasteiger partial charge < -0.3 is 0 Å². The summed E-state index contributed by atoms with van der Waals surface area (Å²) in [5, 5.41) is 0. The van der Waals surface area contributed by atoms with Crippen molar-refractivity contribution < 1.29 is 4.79 Å². The van der Waals surface area contributed by atoms with E-state index in [4.69, 9.17) is 9.97 Å². The van der Waals surface area contributed by atoms with E-state index in [1.807, 2.05) is 17.3 Å². The molecule has 166 valence electrons. The van der Waals surface area contributed by atoms with Crippen LogP contribution in [-0.4, -0.2) is 43.8 Å². The third kappa shape index (κ3) is 4.61. The molecule has 0 unspecified atom stereocenters. The molecule has 0 bridgehead atoms. The third-order valence-corrected chi connectivity index (χ3v) is 6.34. The Balaban J connectivity index is 1.62. The highest BCUT2D eigenvalue weighted by Crippen LogP contribution is 2.34. The minimum Gasteiger partial charge on any atom is -0.296 e. The summed E-state index contributed by atoms with van der Waals surface area (Å²) in [7, 11) is 0. The van der Waals surface area contributed by atoms with E-state index in [1.54, 1.807) is 0 Å². The van der Waals surface area contributed by atoms with Gasteiger partial charge in [-0.1, -0.05) is 27.2 Å². The Morgan fingerprint density at radius 1 is 1.13 bits per heavy atom. The number of piperidine rings is 1. The number of amides is 1. The molecule has 2 aromatic rings. The summed E-state index contributed by atoms with van der Waals surface area (Å²) in [4.78, 5) is 35.9. The first-order valence-electron chi connectivity index (χ1n) is 11.7. The van der Waals surface area contributed by atoms with Gasteiger partial charge in [0.15, 0.2) is 0 Å². The second-order valence-corrected chi connectivity index (χ2v) is 9.10. The van der Waals surface area contributed by atoms with Crippen molar-refractivity contribution in [1.29, 1.82) is 0 Å². The smallest absolute Gasteiger partial charge is 0.228 e. The summed E-state index contributed by atoms with van der Waals surface area (Å²) in [6.45, 7) is 10.9. The lowest BCUT2D eigenvalue weighted by molar-refractivity contribution is -0.119. The van der Waals surface area contributed by atoms with Gasteiger partial charge in [0.05, 0.1) is 6.04 Å². The number of likely N-dealkylation sites (tertiary alicyclic amines) is 1. The van der Waals surface area contributed by atoms with Crippen LogP contribution in [0.2, 0.25) is 0 Å². The maximum Gasteiger partial charge on any atom is 0.228 e. The highest BCUT2D eigenvalue weighted by molar-refractivity contribution is 5.95. The van der Waals surface area contributed by atoms with Gasteiger partial charge in [-0.25, -0.2) is 19.9 Å². The first kappa shape index (κ1) is 21.8. The van der Waals surface area contributed by atoms with Crippen LogP contribution < -0.4 is 4.90 Å². The minimum absolute atomic E-state index is 0.156. The van der Waals surface area contributed by atoms with Gasteiger partial charge in [0, 0.05) is 54.6 Å². The summed E-state index contributed by atoms with van der Waals surface area (Å²) < 4.78 is 0. The molecule has 31 heavy (non-hydrogen) atoms. The number of aryl methyl sites for hydroxylation is 1. The predicted molar refractivity (Wildman–Crippen MR) is 121 cm³/mol. The molecule has 2 aromatic heterocycles. The van der Waals surface area contributed by atoms with Crippen LogP contribution in [0.25, 0.3) is 0 Å². The quantitative estimate of drug-likeness (QED) is 0.697. The molecule has 0 N–H and O–H groups in total. The number of nitrogens with zero attached hydrogens (tertiary/aromatic N) is 6. The van der Waals surface area contributed by atoms with Gasteiger partial charge in [-0.3, -0.25) is 14.6 Å². The third-order valence-electron chi connectivity index (χ3n) is 6.34. The molecule has 1 fully saturated rings. The standard InChI is InChI=1S/C24H34N6O/c1-5-11-30-21(31)10-9-19-17(4)27-23(28-24(19)30)20-8-6-7-12-29(20)15-18-13-25-22(16(2)3)26-14-18/h13-14,16,20H,5-12,15H2,1-4H3/t20-/m1/s1. The molecule has 4 heterocycles. The number of aromatic nitrogens is 4. The van der Waals surface area contributed by atoms with Crippen LogP contribution in [0.5, 0.6) is 0 Å². The van der Waals surface area contributed by atoms with Gasteiger partial charge in [0.2, 0.25) is 5.91 Å². The average molecular weight is 423 g/mol. The van der Waals surface area contributed by atoms with Crippen LogP contribution in [0.4, 0.5) is 5.82 Å². The van der Waals surface area contributed by atoms with Crippen molar-refractivity contribution in [2.24, 2.45) is 0 Å². The van der Waals surface area contributed by atoms with Crippen LogP contribution in [0.3, 0.4) is 0 Å². The first-order chi connectivity index (χ1) is 15.0. The maximum absolute atomic E-state index is 12.6. The van der Waals surface area contributed by atoms with Crippen molar-refractivity contribution in [3.63, 3.8) is 0 Å². The number of fused-ring (bicyclic) bond motifs is 1. The van der Waals surface area contributed by atoms with Crippen LogP contribution in [0.1, 0.15) is 93.3 Å². The summed E-state index contributed by atoms with van der Waals surface area (Å²) >= 11 is 0. The van der Waals surface area contributed by atoms with Crippen LogP contribution in [-0.2, 0) is 17.8 Å². The molecule has 4 rings (SSSR count). The fourth-order valence-electron chi connectivity index (χ4n) is 4.66. The Labute approximate surface area is 185 Å². The Bertz CT molecular complexity index is 926. The molecular weight excluding hydrogens is 388 g/mol. The molecule has 1 amide bonds. The number of carbonyl (C=O) groups is 1. The molecule has 2 aliphatic rings. The lowest BCUT2D eigenvalue weighted by Crippen LogP contribution is -2.39. The topological polar surface area (TPSA) is 75.1 Å². The molecule has 0 radical (unpaired) electrons. The molecule has 1 atom stereocenters. The zero-order valence-electron chi connectivity index (χ0n) is 19.3. The zero-order chi connectivity index (χ0) is 22.0. The molecule has 2 aliphatic heterocycles. The summed E-state index contributed by atoms with van der Waals surface area (Å²) in [5.41, 5.74) is 3.27. The Morgan fingerprint density at radius 2 is 1.90 bits per heavy atom. The molecule has 0 aliphatic carbocycles. The van der Waals surface area contributed by atoms with Crippen LogP contribution in [0.15, 0.2) is 12.4 Å². The van der Waals surface area contributed by atoms with E-state index in [-0.39, 0.29) is 11.9 Å². The van der Waals surface area contributed by atoms with Gasteiger partial charge >= 0.3 is 0 Å². The van der Waals surface area contributed by atoms with Gasteiger partial charge in [0.1, 0.15) is 17.5 Å². The minimum atomic E-state index is 0.156. The van der Waals surface area contributed by atoms with Crippen molar-refractivity contribution in [2.75, 3.05) is 18.0 Å². The molecule has 1 saturated heterocycles. The molecule has 0 aromatic carbocycles. The summed E-state index contributed by atoms with van der Waals surface area (Å²) in [6.07, 6.45) is 9.50. The lowest BCUT2D eigenvalue weighted by Gasteiger charge is -2.36. The zero-order valence-corrected chi connectivity index (χ0v) is 19.3. The normalized spacial score (nSPS) is 19.7. The van der Waals surface area contributed by atoms with Crippen LogP contribution in [0, 0.1) is 6.92 Å². The van der Waals surface area contributed by atoms with Gasteiger partial charge in [-0.2, -0.15) is 0 Å². The monoisotopic (exact) mass is 422 g/mol. The second-order valence-electron chi connectivity index (χ2n) is 9.10. The van der Waals surface area contributed by atoms with E-state index < -0.39 is 0 Å². The maximum atomic E-state index is 12.6. The van der Waals surface area contributed by atoms with Gasteiger partial charge in [-0.05, 0) is 39.2 Å². The average Bonchev–Trinajstić information content (AvgIpc) is 2.76. The van der Waals surface area contributed by atoms with Crippen molar-refractivity contribution in [3.05, 3.63) is 40.9 Å². The summed E-state index contributed by atoms with van der Waals surface area (Å²) in [5.74, 6) is 3.09. The number of rotatable bonds is 6. The molecule has 0 spiro atoms. The fraction of sp³-hybridized carbons (Fsp3) is 0.625. The number of hydrogen-bond acceptors (Lipinski definition) is 6. The van der Waals surface area contributed by atoms with Crippen LogP contribution >= 0.6 is 0 Å². The van der Waals surface area contributed by atoms with E-state index >= 15 is 0 Å². The van der Waals surface area contributed by atoms with E-state index in [1.165, 1.54) is 12.8 Å². The Hall–Kier alpha value is -2.41. The van der Waals surface area contributed by atoms with E-state index in [9.17, 15) is 4.79 Å².